The molecule has 1 nitrogen and oxygen atoms in total. The number of aliphatic hydroxyl groups is 1. The number of rotatable bonds is 3. The third-order valence-electron chi connectivity index (χ3n) is 2.88. The lowest BCUT2D eigenvalue weighted by Gasteiger charge is -2.13. The maximum Gasteiger partial charge on any atom is 0.0831 e. The second kappa shape index (κ2) is 6.27. The molecule has 0 heterocycles. The number of halogens is 3. The maximum atomic E-state index is 10.3. The first-order valence-corrected chi connectivity index (χ1v) is 7.39. The molecule has 4 heteroatoms. The Kier molecular flexibility index (Phi) is 4.91. The number of aryl methyl sites for hydroxylation is 1. The van der Waals surface area contributed by atoms with Gasteiger partial charge in [-0.05, 0) is 47.9 Å². The summed E-state index contributed by atoms with van der Waals surface area (Å²) in [6.07, 6.45) is -0.124. The van der Waals surface area contributed by atoms with Crippen LogP contribution >= 0.6 is 39.1 Å². The summed E-state index contributed by atoms with van der Waals surface area (Å²) in [5.74, 6) is 0. The van der Waals surface area contributed by atoms with Crippen LogP contribution in [0.3, 0.4) is 0 Å². The van der Waals surface area contributed by atoms with Gasteiger partial charge in [-0.25, -0.2) is 0 Å². The average molecular weight is 360 g/mol. The Bertz CT molecular complexity index is 578. The highest BCUT2D eigenvalue weighted by molar-refractivity contribution is 9.10. The molecule has 0 radical (unpaired) electrons. The molecule has 1 N–H and O–H groups in total. The van der Waals surface area contributed by atoms with Crippen LogP contribution in [-0.4, -0.2) is 5.11 Å². The maximum absolute atomic E-state index is 10.3. The molecule has 0 fully saturated rings. The van der Waals surface area contributed by atoms with Crippen LogP contribution in [0, 0.1) is 6.92 Å². The topological polar surface area (TPSA) is 20.2 Å². The normalized spacial score (nSPS) is 12.5. The van der Waals surface area contributed by atoms with E-state index in [-0.39, 0.29) is 0 Å². The predicted molar refractivity (Wildman–Crippen MR) is 84.0 cm³/mol. The molecule has 2 aromatic rings. The summed E-state index contributed by atoms with van der Waals surface area (Å²) in [4.78, 5) is 0. The van der Waals surface area contributed by atoms with E-state index in [1.807, 2.05) is 31.2 Å². The number of hydrogen-bond donors (Lipinski definition) is 1. The van der Waals surface area contributed by atoms with Crippen LogP contribution in [0.1, 0.15) is 22.8 Å². The van der Waals surface area contributed by atoms with Gasteiger partial charge in [-0.3, -0.25) is 0 Å². The minimum absolute atomic E-state index is 0.464. The van der Waals surface area contributed by atoms with Crippen molar-refractivity contribution in [1.82, 2.24) is 0 Å². The highest BCUT2D eigenvalue weighted by atomic mass is 79.9. The molecule has 0 amide bonds. The molecule has 0 aliphatic rings. The molecule has 0 aliphatic carbocycles. The summed E-state index contributed by atoms with van der Waals surface area (Å²) >= 11 is 15.4. The van der Waals surface area contributed by atoms with E-state index in [0.717, 1.165) is 21.2 Å². The molecule has 0 aliphatic heterocycles. The van der Waals surface area contributed by atoms with E-state index in [2.05, 4.69) is 15.9 Å². The van der Waals surface area contributed by atoms with Gasteiger partial charge in [-0.15, -0.1) is 0 Å². The van der Waals surface area contributed by atoms with Gasteiger partial charge in [-0.2, -0.15) is 0 Å². The summed E-state index contributed by atoms with van der Waals surface area (Å²) in [6, 6.07) is 11.2. The molecule has 0 saturated carbocycles. The van der Waals surface area contributed by atoms with Gasteiger partial charge in [0.15, 0.2) is 0 Å². The van der Waals surface area contributed by atoms with E-state index in [0.29, 0.717) is 16.5 Å². The molecule has 100 valence electrons. The SMILES string of the molecule is Cc1cc(Br)cc(C(O)Cc2ccc(Cl)cc2Cl)c1. The van der Waals surface area contributed by atoms with E-state index in [4.69, 9.17) is 23.2 Å². The zero-order valence-electron chi connectivity index (χ0n) is 10.3. The number of benzene rings is 2. The quantitative estimate of drug-likeness (QED) is 0.784. The first-order valence-electron chi connectivity index (χ1n) is 5.85. The first-order chi connectivity index (χ1) is 8.95. The van der Waals surface area contributed by atoms with E-state index in [1.54, 1.807) is 12.1 Å². The van der Waals surface area contributed by atoms with Gasteiger partial charge in [0.2, 0.25) is 0 Å². The summed E-state index contributed by atoms with van der Waals surface area (Å²) < 4.78 is 0.962. The minimum Gasteiger partial charge on any atom is -0.388 e. The van der Waals surface area contributed by atoms with Crippen LogP contribution in [0.25, 0.3) is 0 Å². The third-order valence-corrected chi connectivity index (χ3v) is 3.92. The molecule has 0 bridgehead atoms. The molecule has 0 spiro atoms. The van der Waals surface area contributed by atoms with Crippen molar-refractivity contribution in [3.8, 4) is 0 Å². The van der Waals surface area contributed by atoms with Crippen LogP contribution in [0.15, 0.2) is 40.9 Å². The van der Waals surface area contributed by atoms with Crippen molar-refractivity contribution in [2.75, 3.05) is 0 Å². The van der Waals surface area contributed by atoms with Gasteiger partial charge in [0.1, 0.15) is 0 Å². The van der Waals surface area contributed by atoms with Crippen LogP contribution < -0.4 is 0 Å². The summed E-state index contributed by atoms with van der Waals surface area (Å²) in [5.41, 5.74) is 2.86. The average Bonchev–Trinajstić information content (AvgIpc) is 2.31. The van der Waals surface area contributed by atoms with E-state index >= 15 is 0 Å². The van der Waals surface area contributed by atoms with Crippen LogP contribution in [0.4, 0.5) is 0 Å². The van der Waals surface area contributed by atoms with Crippen molar-refractivity contribution in [2.45, 2.75) is 19.4 Å². The van der Waals surface area contributed by atoms with Gasteiger partial charge in [-0.1, -0.05) is 51.3 Å². The summed E-state index contributed by atoms with van der Waals surface area (Å²) in [6.45, 7) is 2.00. The van der Waals surface area contributed by atoms with Crippen LogP contribution in [0.5, 0.6) is 0 Å². The van der Waals surface area contributed by atoms with Gasteiger partial charge >= 0.3 is 0 Å². The number of aliphatic hydroxyl groups excluding tert-OH is 1. The van der Waals surface area contributed by atoms with Crippen LogP contribution in [-0.2, 0) is 6.42 Å². The molecule has 0 aromatic heterocycles. The zero-order valence-corrected chi connectivity index (χ0v) is 13.4. The first kappa shape index (κ1) is 14.9. The Hall–Kier alpha value is -0.540. The van der Waals surface area contributed by atoms with Crippen molar-refractivity contribution >= 4 is 39.1 Å². The Morgan fingerprint density at radius 3 is 2.53 bits per heavy atom. The lowest BCUT2D eigenvalue weighted by molar-refractivity contribution is 0.178. The minimum atomic E-state index is -0.588. The standard InChI is InChI=1S/C15H13BrCl2O/c1-9-4-11(6-12(16)5-9)15(19)7-10-2-3-13(17)8-14(10)18/h2-6,8,15,19H,7H2,1H3. The molecule has 0 saturated heterocycles. The molecule has 2 aromatic carbocycles. The van der Waals surface area contributed by atoms with E-state index in [1.165, 1.54) is 0 Å². The van der Waals surface area contributed by atoms with Crippen molar-refractivity contribution < 1.29 is 5.11 Å². The Labute approximate surface area is 131 Å². The van der Waals surface area contributed by atoms with E-state index in [9.17, 15) is 5.11 Å². The van der Waals surface area contributed by atoms with Gasteiger partial charge in [0, 0.05) is 20.9 Å². The van der Waals surface area contributed by atoms with Crippen molar-refractivity contribution in [2.24, 2.45) is 0 Å². The smallest absolute Gasteiger partial charge is 0.0831 e. The van der Waals surface area contributed by atoms with E-state index < -0.39 is 6.10 Å². The molecular weight excluding hydrogens is 347 g/mol. The third kappa shape index (κ3) is 3.96. The zero-order chi connectivity index (χ0) is 14.0. The number of hydrogen-bond acceptors (Lipinski definition) is 1. The Morgan fingerprint density at radius 2 is 1.89 bits per heavy atom. The monoisotopic (exact) mass is 358 g/mol. The van der Waals surface area contributed by atoms with Crippen molar-refractivity contribution in [1.29, 1.82) is 0 Å². The highest BCUT2D eigenvalue weighted by Gasteiger charge is 2.12. The van der Waals surface area contributed by atoms with Crippen molar-refractivity contribution in [3.63, 3.8) is 0 Å². The van der Waals surface area contributed by atoms with Gasteiger partial charge in [0.25, 0.3) is 0 Å². The summed E-state index contributed by atoms with van der Waals surface area (Å²) in [7, 11) is 0. The Morgan fingerprint density at radius 1 is 1.16 bits per heavy atom. The molecule has 1 atom stereocenters. The predicted octanol–water partition coefficient (Wildman–Crippen LogP) is 5.34. The van der Waals surface area contributed by atoms with Crippen molar-refractivity contribution in [3.05, 3.63) is 67.6 Å². The lowest BCUT2D eigenvalue weighted by atomic mass is 10.00. The molecule has 19 heavy (non-hydrogen) atoms. The summed E-state index contributed by atoms with van der Waals surface area (Å²) in [5, 5.41) is 11.5. The lowest BCUT2D eigenvalue weighted by Crippen LogP contribution is -2.03. The fraction of sp³-hybridized carbons (Fsp3) is 0.200. The second-order valence-corrected chi connectivity index (χ2v) is 6.28. The molecular formula is C15H13BrCl2O. The largest absolute Gasteiger partial charge is 0.388 e. The second-order valence-electron chi connectivity index (χ2n) is 4.52. The molecule has 1 unspecified atom stereocenters. The Balaban J connectivity index is 2.22. The fourth-order valence-corrected chi connectivity index (χ4v) is 3.08. The van der Waals surface area contributed by atoms with Gasteiger partial charge < -0.3 is 5.11 Å². The fourth-order valence-electron chi connectivity index (χ4n) is 1.97. The van der Waals surface area contributed by atoms with Gasteiger partial charge in [0.05, 0.1) is 6.10 Å². The highest BCUT2D eigenvalue weighted by Crippen LogP contribution is 2.27. The molecule has 2 rings (SSSR count). The van der Waals surface area contributed by atoms with Crippen LogP contribution in [0.2, 0.25) is 10.0 Å².